The van der Waals surface area contributed by atoms with Crippen molar-refractivity contribution < 1.29 is 37.7 Å². The van der Waals surface area contributed by atoms with Gasteiger partial charge in [-0.3, -0.25) is 19.7 Å². The molecule has 0 radical (unpaired) electrons. The Kier molecular flexibility index (Phi) is 13.1. The third-order valence-electron chi connectivity index (χ3n) is 8.31. The number of fused-ring (bicyclic) bond motifs is 1. The second-order valence-electron chi connectivity index (χ2n) is 12.2. The number of hydrogen-bond acceptors (Lipinski definition) is 11. The van der Waals surface area contributed by atoms with Gasteiger partial charge >= 0.3 is 6.03 Å². The normalized spacial score (nSPS) is 14.9. The van der Waals surface area contributed by atoms with Crippen LogP contribution in [0.4, 0.5) is 14.9 Å². The molecule has 3 amide bonds. The molecule has 13 nitrogen and oxygen atoms in total. The lowest BCUT2D eigenvalue weighted by Gasteiger charge is -2.34. The monoisotopic (exact) mass is 722 g/mol. The number of amides is 3. The van der Waals surface area contributed by atoms with Gasteiger partial charge in [0.2, 0.25) is 5.91 Å². The predicted molar refractivity (Wildman–Crippen MR) is 191 cm³/mol. The van der Waals surface area contributed by atoms with Crippen molar-refractivity contribution in [3.05, 3.63) is 66.2 Å². The molecular weight excluding hydrogens is 679 g/mol. The number of rotatable bonds is 18. The van der Waals surface area contributed by atoms with Gasteiger partial charge in [-0.1, -0.05) is 6.07 Å². The summed E-state index contributed by atoms with van der Waals surface area (Å²) < 4.78 is 42.9. The average Bonchev–Trinajstić information content (AvgIpc) is 3.84. The number of pyridine rings is 2. The third-order valence-corrected chi connectivity index (χ3v) is 9.47. The molecule has 4 heterocycles. The molecule has 0 atom stereocenters. The van der Waals surface area contributed by atoms with Crippen molar-refractivity contribution in [2.45, 2.75) is 25.4 Å². The maximum absolute atomic E-state index is 15.0. The number of anilines is 1. The highest BCUT2D eigenvalue weighted by molar-refractivity contribution is 7.22. The first kappa shape index (κ1) is 36.5. The minimum absolute atomic E-state index is 0.0138. The van der Waals surface area contributed by atoms with E-state index in [2.05, 4.69) is 26.6 Å². The summed E-state index contributed by atoms with van der Waals surface area (Å²) in [4.78, 5) is 38.9. The van der Waals surface area contributed by atoms with Crippen LogP contribution >= 0.6 is 11.3 Å². The molecule has 0 spiro atoms. The summed E-state index contributed by atoms with van der Waals surface area (Å²) in [6, 6.07) is 11.9. The van der Waals surface area contributed by atoms with Gasteiger partial charge in [-0.2, -0.15) is 0 Å². The highest BCUT2D eigenvalue weighted by Crippen LogP contribution is 2.39. The van der Waals surface area contributed by atoms with Crippen molar-refractivity contribution in [1.29, 1.82) is 0 Å². The summed E-state index contributed by atoms with van der Waals surface area (Å²) in [5.74, 6) is -0.0779. The van der Waals surface area contributed by atoms with Gasteiger partial charge in [0.15, 0.2) is 11.6 Å². The molecule has 15 heteroatoms. The van der Waals surface area contributed by atoms with Gasteiger partial charge in [-0.25, -0.2) is 9.18 Å². The van der Waals surface area contributed by atoms with Crippen LogP contribution in [0.3, 0.4) is 0 Å². The van der Waals surface area contributed by atoms with Crippen LogP contribution in [0.5, 0.6) is 11.5 Å². The van der Waals surface area contributed by atoms with Crippen LogP contribution < -0.4 is 15.4 Å². The first-order valence-corrected chi connectivity index (χ1v) is 17.9. The summed E-state index contributed by atoms with van der Waals surface area (Å²) in [5.41, 5.74) is 2.95. The smallest absolute Gasteiger partial charge is 0.319 e. The predicted octanol–water partition coefficient (Wildman–Crippen LogP) is 4.91. The molecule has 2 fully saturated rings. The van der Waals surface area contributed by atoms with Crippen molar-refractivity contribution in [2.75, 3.05) is 84.9 Å². The van der Waals surface area contributed by atoms with E-state index in [1.807, 2.05) is 23.2 Å². The largest absolute Gasteiger partial charge is 0.453 e. The number of ether oxygens (including phenoxy) is 5. The highest BCUT2D eigenvalue weighted by Gasteiger charge is 2.24. The van der Waals surface area contributed by atoms with Crippen LogP contribution in [0.15, 0.2) is 54.9 Å². The molecule has 6 rings (SSSR count). The topological polar surface area (TPSA) is 137 Å². The quantitative estimate of drug-likeness (QED) is 0.136. The Labute approximate surface area is 300 Å². The summed E-state index contributed by atoms with van der Waals surface area (Å²) >= 11 is 1.47. The minimum Gasteiger partial charge on any atom is -0.453 e. The number of halogens is 1. The number of methoxy groups -OCH3 is 1. The van der Waals surface area contributed by atoms with E-state index < -0.39 is 5.82 Å². The molecule has 1 aliphatic carbocycles. The van der Waals surface area contributed by atoms with Crippen LogP contribution in [0.2, 0.25) is 0 Å². The SMILES string of the molecule is COCCOCCOCCOCC(=O)N1CCN(Cc2ccc(-c3cc4nccc(Oc5ccc(NC(=O)NC6CC6)cc5F)c4s3)nc2)CC1. The molecule has 2 aliphatic rings. The summed E-state index contributed by atoms with van der Waals surface area (Å²) in [7, 11) is 1.63. The Hall–Kier alpha value is -4.25. The number of carbonyl (C=O) groups is 2. The number of hydrogen-bond donors (Lipinski definition) is 2. The molecule has 1 aliphatic heterocycles. The van der Waals surface area contributed by atoms with E-state index in [0.717, 1.165) is 58.8 Å². The maximum atomic E-state index is 15.0. The molecule has 0 bridgehead atoms. The highest BCUT2D eigenvalue weighted by atomic mass is 32.1. The van der Waals surface area contributed by atoms with E-state index >= 15 is 0 Å². The van der Waals surface area contributed by atoms with E-state index in [-0.39, 0.29) is 30.3 Å². The summed E-state index contributed by atoms with van der Waals surface area (Å²) in [6.45, 7) is 6.43. The lowest BCUT2D eigenvalue weighted by Crippen LogP contribution is -2.49. The lowest BCUT2D eigenvalue weighted by molar-refractivity contribution is -0.138. The molecule has 51 heavy (non-hydrogen) atoms. The fourth-order valence-corrected chi connectivity index (χ4v) is 6.43. The van der Waals surface area contributed by atoms with Crippen LogP contribution in [0.1, 0.15) is 18.4 Å². The Bertz CT molecular complexity index is 1750. The maximum Gasteiger partial charge on any atom is 0.319 e. The number of piperazine rings is 1. The number of urea groups is 1. The Morgan fingerprint density at radius 3 is 2.37 bits per heavy atom. The fourth-order valence-electron chi connectivity index (χ4n) is 5.39. The van der Waals surface area contributed by atoms with Gasteiger partial charge < -0.3 is 39.2 Å². The van der Waals surface area contributed by atoms with Crippen LogP contribution in [0.25, 0.3) is 20.8 Å². The molecule has 1 aromatic carbocycles. The Morgan fingerprint density at radius 1 is 0.902 bits per heavy atom. The van der Waals surface area contributed by atoms with Gasteiger partial charge in [0.25, 0.3) is 0 Å². The van der Waals surface area contributed by atoms with E-state index in [4.69, 9.17) is 28.7 Å². The molecule has 0 unspecified atom stereocenters. The minimum atomic E-state index is -0.589. The van der Waals surface area contributed by atoms with Crippen LogP contribution in [-0.4, -0.2) is 117 Å². The van der Waals surface area contributed by atoms with Gasteiger partial charge in [0, 0.05) is 76.1 Å². The van der Waals surface area contributed by atoms with Crippen molar-refractivity contribution in [3.63, 3.8) is 0 Å². The summed E-state index contributed by atoms with van der Waals surface area (Å²) in [6.07, 6.45) is 5.43. The second kappa shape index (κ2) is 18.3. The van der Waals surface area contributed by atoms with E-state index in [0.29, 0.717) is 64.2 Å². The molecule has 272 valence electrons. The van der Waals surface area contributed by atoms with E-state index in [1.165, 1.54) is 23.5 Å². The van der Waals surface area contributed by atoms with E-state index in [1.54, 1.807) is 25.4 Å². The zero-order chi connectivity index (χ0) is 35.4. The van der Waals surface area contributed by atoms with Gasteiger partial charge in [0.1, 0.15) is 12.4 Å². The van der Waals surface area contributed by atoms with Gasteiger partial charge in [-0.05, 0) is 42.7 Å². The molecule has 3 aromatic heterocycles. The number of aromatic nitrogens is 2. The number of carbonyl (C=O) groups excluding carboxylic acids is 2. The van der Waals surface area contributed by atoms with Crippen LogP contribution in [0, 0.1) is 5.82 Å². The molecule has 4 aromatic rings. The van der Waals surface area contributed by atoms with Gasteiger partial charge in [0.05, 0.1) is 60.4 Å². The lowest BCUT2D eigenvalue weighted by atomic mass is 10.2. The van der Waals surface area contributed by atoms with Crippen molar-refractivity contribution in [3.8, 4) is 22.1 Å². The number of benzene rings is 1. The molecule has 1 saturated carbocycles. The zero-order valence-corrected chi connectivity index (χ0v) is 29.4. The molecule has 2 N–H and O–H groups in total. The number of thiophene rings is 1. The van der Waals surface area contributed by atoms with Gasteiger partial charge in [-0.15, -0.1) is 11.3 Å². The van der Waals surface area contributed by atoms with Crippen molar-refractivity contribution >= 4 is 39.2 Å². The number of nitrogens with zero attached hydrogens (tertiary/aromatic N) is 4. The van der Waals surface area contributed by atoms with E-state index in [9.17, 15) is 14.0 Å². The Morgan fingerprint density at radius 2 is 1.67 bits per heavy atom. The first-order chi connectivity index (χ1) is 24.9. The van der Waals surface area contributed by atoms with Crippen LogP contribution in [-0.2, 0) is 30.3 Å². The summed E-state index contributed by atoms with van der Waals surface area (Å²) in [5, 5.41) is 5.47. The number of nitrogens with one attached hydrogen (secondary N) is 2. The Balaban J connectivity index is 0.944. The molecule has 1 saturated heterocycles. The van der Waals surface area contributed by atoms with Crippen molar-refractivity contribution in [2.24, 2.45) is 0 Å². The molecular formula is C36H43FN6O7S. The second-order valence-corrected chi connectivity index (χ2v) is 13.3. The first-order valence-electron chi connectivity index (χ1n) is 17.1. The standard InChI is InChI=1S/C36H43FN6O7S/c1-46-14-15-47-16-17-48-18-19-49-24-34(44)43-12-10-42(11-13-43)23-25-2-6-29(39-22-25)33-21-30-35(51-33)32(8-9-38-30)50-31-7-5-27(20-28(31)37)41-36(45)40-26-3-4-26/h2,5-9,20-22,26H,3-4,10-19,23-24H2,1H3,(H2,40,41,45). The zero-order valence-electron chi connectivity index (χ0n) is 28.6. The third kappa shape index (κ3) is 10.9. The average molecular weight is 723 g/mol. The van der Waals surface area contributed by atoms with Crippen molar-refractivity contribution in [1.82, 2.24) is 25.1 Å². The fraction of sp³-hybridized carbons (Fsp3) is 0.444.